The van der Waals surface area contributed by atoms with E-state index < -0.39 is 0 Å². The average molecular weight is 268 g/mol. The Balaban J connectivity index is 1.52. The summed E-state index contributed by atoms with van der Waals surface area (Å²) in [5, 5.41) is 7.28. The van der Waals surface area contributed by atoms with Gasteiger partial charge in [-0.25, -0.2) is 0 Å². The van der Waals surface area contributed by atoms with Gasteiger partial charge in [-0.2, -0.15) is 0 Å². The lowest BCUT2D eigenvalue weighted by Crippen LogP contribution is -2.39. The first kappa shape index (κ1) is 13.8. The Morgan fingerprint density at radius 1 is 1.33 bits per heavy atom. The first-order valence-corrected chi connectivity index (χ1v) is 7.56. The fraction of sp³-hybridized carbons (Fsp3) is 0.786. The number of hydrogen-bond acceptors (Lipinski definition) is 2. The molecule has 1 saturated heterocycles. The lowest BCUT2D eigenvalue weighted by Gasteiger charge is -2.16. The van der Waals surface area contributed by atoms with Crippen molar-refractivity contribution in [2.75, 3.05) is 19.7 Å². The van der Waals surface area contributed by atoms with Crippen LogP contribution in [0.3, 0.4) is 0 Å². The van der Waals surface area contributed by atoms with Crippen molar-refractivity contribution in [3.05, 3.63) is 11.6 Å². The Labute approximate surface area is 115 Å². The van der Waals surface area contributed by atoms with Crippen LogP contribution < -0.4 is 10.6 Å². The third kappa shape index (κ3) is 4.94. The Morgan fingerprint density at radius 3 is 3.00 bits per heavy atom. The molecule has 0 aromatic carbocycles. The smallest absolute Gasteiger partial charge is 0.166 e. The van der Waals surface area contributed by atoms with Crippen molar-refractivity contribution in [3.8, 4) is 0 Å². The van der Waals surface area contributed by atoms with Gasteiger partial charge < -0.3 is 15.4 Å². The first-order chi connectivity index (χ1) is 8.84. The van der Waals surface area contributed by atoms with Crippen LogP contribution in [-0.4, -0.2) is 30.9 Å². The molecule has 4 heteroatoms. The van der Waals surface area contributed by atoms with Crippen molar-refractivity contribution in [2.45, 2.75) is 51.0 Å². The summed E-state index contributed by atoms with van der Waals surface area (Å²) in [7, 11) is 0. The van der Waals surface area contributed by atoms with Crippen molar-refractivity contribution in [2.24, 2.45) is 0 Å². The molecule has 3 nitrogen and oxygen atoms in total. The summed E-state index contributed by atoms with van der Waals surface area (Å²) in [6.45, 7) is 2.69. The summed E-state index contributed by atoms with van der Waals surface area (Å²) in [4.78, 5) is 0. The van der Waals surface area contributed by atoms with E-state index >= 15 is 0 Å². The molecule has 2 aliphatic rings. The number of allylic oxidation sites excluding steroid dienone is 1. The summed E-state index contributed by atoms with van der Waals surface area (Å²) in [6, 6.07) is 0. The first-order valence-electron chi connectivity index (χ1n) is 7.16. The molecule has 1 aliphatic carbocycles. The van der Waals surface area contributed by atoms with Gasteiger partial charge in [0.2, 0.25) is 0 Å². The van der Waals surface area contributed by atoms with Gasteiger partial charge in [-0.1, -0.05) is 11.6 Å². The zero-order valence-corrected chi connectivity index (χ0v) is 11.9. The number of rotatable bonds is 5. The van der Waals surface area contributed by atoms with Crippen LogP contribution in [0.1, 0.15) is 44.9 Å². The van der Waals surface area contributed by atoms with Gasteiger partial charge in [-0.3, -0.25) is 0 Å². The molecule has 0 aromatic rings. The highest BCUT2D eigenvalue weighted by molar-refractivity contribution is 7.80. The van der Waals surface area contributed by atoms with Crippen LogP contribution in [0.5, 0.6) is 0 Å². The molecule has 0 saturated carbocycles. The van der Waals surface area contributed by atoms with Crippen molar-refractivity contribution in [1.29, 1.82) is 0 Å². The largest absolute Gasteiger partial charge is 0.376 e. The van der Waals surface area contributed by atoms with Crippen molar-refractivity contribution in [3.63, 3.8) is 0 Å². The fourth-order valence-electron chi connectivity index (χ4n) is 2.54. The van der Waals surface area contributed by atoms with E-state index in [1.165, 1.54) is 32.1 Å². The van der Waals surface area contributed by atoms with E-state index in [1.54, 1.807) is 5.57 Å². The molecule has 102 valence electrons. The minimum absolute atomic E-state index is 0.353. The molecule has 18 heavy (non-hydrogen) atoms. The molecular formula is C14H24N2OS. The second-order valence-electron chi connectivity index (χ2n) is 5.13. The Hall–Kier alpha value is -0.610. The summed E-state index contributed by atoms with van der Waals surface area (Å²) < 4.78 is 5.54. The van der Waals surface area contributed by atoms with Crippen LogP contribution in [0.15, 0.2) is 11.6 Å². The zero-order chi connectivity index (χ0) is 12.6. The SMILES string of the molecule is S=C(NCCC1=CCCCC1)NC[C@@H]1CCCO1. The van der Waals surface area contributed by atoms with Gasteiger partial charge in [0, 0.05) is 19.7 Å². The minimum Gasteiger partial charge on any atom is -0.376 e. The topological polar surface area (TPSA) is 33.3 Å². The molecule has 1 atom stereocenters. The van der Waals surface area contributed by atoms with E-state index in [-0.39, 0.29) is 0 Å². The van der Waals surface area contributed by atoms with Gasteiger partial charge >= 0.3 is 0 Å². The summed E-state index contributed by atoms with van der Waals surface area (Å²) >= 11 is 5.26. The van der Waals surface area contributed by atoms with E-state index in [0.29, 0.717) is 6.10 Å². The van der Waals surface area contributed by atoms with Crippen LogP contribution in [0, 0.1) is 0 Å². The molecule has 0 radical (unpaired) electrons. The molecule has 0 aromatic heterocycles. The predicted octanol–water partition coefficient (Wildman–Crippen LogP) is 2.52. The maximum atomic E-state index is 5.54. The molecule has 0 unspecified atom stereocenters. The van der Waals surface area contributed by atoms with Gasteiger partial charge in [0.1, 0.15) is 0 Å². The second kappa shape index (κ2) is 7.74. The van der Waals surface area contributed by atoms with Crippen LogP contribution >= 0.6 is 12.2 Å². The second-order valence-corrected chi connectivity index (χ2v) is 5.54. The fourth-order valence-corrected chi connectivity index (χ4v) is 2.73. The van der Waals surface area contributed by atoms with E-state index in [2.05, 4.69) is 16.7 Å². The highest BCUT2D eigenvalue weighted by atomic mass is 32.1. The lowest BCUT2D eigenvalue weighted by molar-refractivity contribution is 0.114. The Kier molecular flexibility index (Phi) is 5.94. The number of ether oxygens (including phenoxy) is 1. The molecule has 0 spiro atoms. The molecule has 0 amide bonds. The van der Waals surface area contributed by atoms with E-state index in [1.807, 2.05) is 0 Å². The number of nitrogens with one attached hydrogen (secondary N) is 2. The summed E-state index contributed by atoms with van der Waals surface area (Å²) in [6.07, 6.45) is 11.5. The third-order valence-electron chi connectivity index (χ3n) is 3.63. The van der Waals surface area contributed by atoms with Gasteiger partial charge in [0.05, 0.1) is 6.10 Å². The monoisotopic (exact) mass is 268 g/mol. The molecule has 2 rings (SSSR count). The van der Waals surface area contributed by atoms with Gasteiger partial charge in [0.15, 0.2) is 5.11 Å². The van der Waals surface area contributed by atoms with Crippen LogP contribution in [-0.2, 0) is 4.74 Å². The van der Waals surface area contributed by atoms with Crippen LogP contribution in [0.2, 0.25) is 0 Å². The lowest BCUT2D eigenvalue weighted by atomic mass is 9.97. The zero-order valence-electron chi connectivity index (χ0n) is 11.0. The Bertz CT molecular complexity index is 298. The van der Waals surface area contributed by atoms with E-state index in [4.69, 9.17) is 17.0 Å². The van der Waals surface area contributed by atoms with Gasteiger partial charge in [-0.05, 0) is 57.2 Å². The molecular weight excluding hydrogens is 244 g/mol. The normalized spacial score (nSPS) is 23.6. The quantitative estimate of drug-likeness (QED) is 0.593. The molecule has 2 N–H and O–H groups in total. The molecule has 1 aliphatic heterocycles. The van der Waals surface area contributed by atoms with E-state index in [9.17, 15) is 0 Å². The highest BCUT2D eigenvalue weighted by Gasteiger charge is 2.15. The van der Waals surface area contributed by atoms with Gasteiger partial charge in [0.25, 0.3) is 0 Å². The minimum atomic E-state index is 0.353. The highest BCUT2D eigenvalue weighted by Crippen LogP contribution is 2.19. The molecule has 1 fully saturated rings. The van der Waals surface area contributed by atoms with Gasteiger partial charge in [-0.15, -0.1) is 0 Å². The van der Waals surface area contributed by atoms with Crippen LogP contribution in [0.4, 0.5) is 0 Å². The average Bonchev–Trinajstić information content (AvgIpc) is 2.91. The number of hydrogen-bond donors (Lipinski definition) is 2. The third-order valence-corrected chi connectivity index (χ3v) is 3.92. The maximum Gasteiger partial charge on any atom is 0.166 e. The standard InChI is InChI=1S/C14H24N2OS/c18-14(16-11-13-7-4-10-17-13)15-9-8-12-5-2-1-3-6-12/h5,13H,1-4,6-11H2,(H2,15,16,18)/t13-/m0/s1. The molecule has 1 heterocycles. The van der Waals surface area contributed by atoms with Crippen molar-refractivity contribution in [1.82, 2.24) is 10.6 Å². The summed E-state index contributed by atoms with van der Waals surface area (Å²) in [5.74, 6) is 0. The predicted molar refractivity (Wildman–Crippen MR) is 78.7 cm³/mol. The Morgan fingerprint density at radius 2 is 2.28 bits per heavy atom. The van der Waals surface area contributed by atoms with E-state index in [0.717, 1.165) is 37.7 Å². The van der Waals surface area contributed by atoms with Crippen molar-refractivity contribution < 1.29 is 4.74 Å². The van der Waals surface area contributed by atoms with Crippen molar-refractivity contribution >= 4 is 17.3 Å². The molecule has 0 bridgehead atoms. The van der Waals surface area contributed by atoms with Crippen LogP contribution in [0.25, 0.3) is 0 Å². The maximum absolute atomic E-state index is 5.54. The number of thiocarbonyl (C=S) groups is 1. The summed E-state index contributed by atoms with van der Waals surface area (Å²) in [5.41, 5.74) is 1.59.